The molecule has 2 rings (SSSR count). The Morgan fingerprint density at radius 2 is 2.00 bits per heavy atom. The largest absolute Gasteiger partial charge is 0.265 e. The number of hydrogen-bond donors (Lipinski definition) is 0. The first-order valence-corrected chi connectivity index (χ1v) is 7.89. The third-order valence-electron chi connectivity index (χ3n) is 3.87. The van der Waals surface area contributed by atoms with Gasteiger partial charge in [-0.25, -0.2) is 4.39 Å². The van der Waals surface area contributed by atoms with Gasteiger partial charge in [0.2, 0.25) is 0 Å². The lowest BCUT2D eigenvalue weighted by Gasteiger charge is -2.11. The number of alkyl halides is 1. The highest BCUT2D eigenvalue weighted by Crippen LogP contribution is 2.28. The van der Waals surface area contributed by atoms with E-state index in [2.05, 4.69) is 13.8 Å². The summed E-state index contributed by atoms with van der Waals surface area (Å²) in [5.74, 6) is -0.206. The van der Waals surface area contributed by atoms with Gasteiger partial charge in [0.15, 0.2) is 0 Å². The predicted molar refractivity (Wildman–Crippen MR) is 85.5 cm³/mol. The summed E-state index contributed by atoms with van der Waals surface area (Å²) in [5, 5.41) is 4.64. The first kappa shape index (κ1) is 16.0. The molecule has 0 fully saturated rings. The number of benzene rings is 1. The van der Waals surface area contributed by atoms with Crippen LogP contribution in [0, 0.1) is 12.7 Å². The zero-order chi connectivity index (χ0) is 15.6. The Kier molecular flexibility index (Phi) is 5.04. The molecular weight excluding hydrogens is 287 g/mol. The molecule has 2 nitrogen and oxygen atoms in total. The van der Waals surface area contributed by atoms with Crippen molar-refractivity contribution in [1.82, 2.24) is 9.78 Å². The molecule has 1 unspecified atom stereocenters. The summed E-state index contributed by atoms with van der Waals surface area (Å²) < 4.78 is 15.4. The highest BCUT2D eigenvalue weighted by Gasteiger charge is 2.19. The smallest absolute Gasteiger partial charge is 0.123 e. The average Bonchev–Trinajstić information content (AvgIpc) is 2.80. The molecule has 0 amide bonds. The van der Waals surface area contributed by atoms with Crippen LogP contribution in [0.25, 0.3) is 0 Å². The monoisotopic (exact) mass is 308 g/mol. The average molecular weight is 309 g/mol. The number of nitrogens with zero attached hydrogens (tertiary/aromatic N) is 2. The Morgan fingerprint density at radius 3 is 2.57 bits per heavy atom. The first-order valence-electron chi connectivity index (χ1n) is 7.45. The second-order valence-corrected chi connectivity index (χ2v) is 6.01. The molecular formula is C17H22ClFN2. The molecule has 1 atom stereocenters. The van der Waals surface area contributed by atoms with E-state index >= 15 is 0 Å². The molecule has 114 valence electrons. The van der Waals surface area contributed by atoms with E-state index in [1.165, 1.54) is 6.07 Å². The Hall–Kier alpha value is -1.35. The maximum Gasteiger partial charge on any atom is 0.123 e. The van der Waals surface area contributed by atoms with Gasteiger partial charge in [0, 0.05) is 11.3 Å². The fourth-order valence-electron chi connectivity index (χ4n) is 2.76. The quantitative estimate of drug-likeness (QED) is 0.725. The van der Waals surface area contributed by atoms with Crippen molar-refractivity contribution >= 4 is 11.6 Å². The summed E-state index contributed by atoms with van der Waals surface area (Å²) in [5.41, 5.74) is 5.37. The van der Waals surface area contributed by atoms with E-state index in [0.29, 0.717) is 6.54 Å². The zero-order valence-electron chi connectivity index (χ0n) is 13.1. The fraction of sp³-hybridized carbons (Fsp3) is 0.471. The predicted octanol–water partition coefficient (Wildman–Crippen LogP) is 4.80. The summed E-state index contributed by atoms with van der Waals surface area (Å²) in [6.45, 7) is 8.75. The van der Waals surface area contributed by atoms with Crippen LogP contribution in [0.2, 0.25) is 0 Å². The van der Waals surface area contributed by atoms with Crippen LogP contribution in [-0.2, 0) is 19.4 Å². The Labute approximate surface area is 130 Å². The van der Waals surface area contributed by atoms with Crippen molar-refractivity contribution in [1.29, 1.82) is 0 Å². The number of aryl methyl sites for hydroxylation is 2. The molecule has 0 radical (unpaired) electrons. The molecule has 2 aromatic rings. The van der Waals surface area contributed by atoms with Gasteiger partial charge >= 0.3 is 0 Å². The van der Waals surface area contributed by atoms with Crippen molar-refractivity contribution in [3.8, 4) is 0 Å². The molecule has 0 saturated carbocycles. The van der Waals surface area contributed by atoms with E-state index in [-0.39, 0.29) is 11.2 Å². The molecule has 1 heterocycles. The minimum atomic E-state index is -0.206. The number of aromatic nitrogens is 2. The van der Waals surface area contributed by atoms with Crippen molar-refractivity contribution in [2.24, 2.45) is 0 Å². The molecule has 1 aromatic carbocycles. The Balaban J connectivity index is 2.46. The maximum absolute atomic E-state index is 13.5. The van der Waals surface area contributed by atoms with Gasteiger partial charge in [-0.1, -0.05) is 19.9 Å². The molecule has 0 aliphatic rings. The van der Waals surface area contributed by atoms with Gasteiger partial charge in [0.25, 0.3) is 0 Å². The summed E-state index contributed by atoms with van der Waals surface area (Å²) in [6, 6.07) is 4.89. The normalized spacial score (nSPS) is 12.7. The van der Waals surface area contributed by atoms with Gasteiger partial charge in [0.05, 0.1) is 17.6 Å². The van der Waals surface area contributed by atoms with Crippen molar-refractivity contribution in [3.63, 3.8) is 0 Å². The van der Waals surface area contributed by atoms with Crippen LogP contribution in [-0.4, -0.2) is 9.78 Å². The van der Waals surface area contributed by atoms with Crippen LogP contribution in [0.5, 0.6) is 0 Å². The standard InChI is InChI=1S/C17H22ClFN2/c1-5-15-17(12(4)18)16(6-2)21(20-15)10-13-9-14(19)8-7-11(13)3/h7-9,12H,5-6,10H2,1-4H3. The van der Waals surface area contributed by atoms with Crippen molar-refractivity contribution in [2.75, 3.05) is 0 Å². The zero-order valence-corrected chi connectivity index (χ0v) is 13.8. The van der Waals surface area contributed by atoms with E-state index in [0.717, 1.165) is 40.9 Å². The summed E-state index contributed by atoms with van der Waals surface area (Å²) >= 11 is 6.33. The van der Waals surface area contributed by atoms with Gasteiger partial charge in [0.1, 0.15) is 5.82 Å². The molecule has 0 spiro atoms. The van der Waals surface area contributed by atoms with Crippen LogP contribution < -0.4 is 0 Å². The fourth-order valence-corrected chi connectivity index (χ4v) is 3.01. The third kappa shape index (κ3) is 3.29. The Bertz CT molecular complexity index is 632. The molecule has 1 aromatic heterocycles. The molecule has 0 saturated heterocycles. The summed E-state index contributed by atoms with van der Waals surface area (Å²) in [7, 11) is 0. The minimum absolute atomic E-state index is 0.0581. The highest BCUT2D eigenvalue weighted by molar-refractivity contribution is 6.20. The lowest BCUT2D eigenvalue weighted by Crippen LogP contribution is -2.08. The molecule has 0 bridgehead atoms. The van der Waals surface area contributed by atoms with E-state index in [9.17, 15) is 4.39 Å². The van der Waals surface area contributed by atoms with Gasteiger partial charge in [-0.05, 0) is 49.9 Å². The van der Waals surface area contributed by atoms with Crippen LogP contribution in [0.1, 0.15) is 54.2 Å². The third-order valence-corrected chi connectivity index (χ3v) is 4.09. The number of rotatable bonds is 5. The second-order valence-electron chi connectivity index (χ2n) is 5.36. The van der Waals surface area contributed by atoms with Crippen molar-refractivity contribution in [2.45, 2.75) is 52.5 Å². The maximum atomic E-state index is 13.5. The Morgan fingerprint density at radius 1 is 1.29 bits per heavy atom. The van der Waals surface area contributed by atoms with Gasteiger partial charge < -0.3 is 0 Å². The second kappa shape index (κ2) is 6.61. The number of hydrogen-bond acceptors (Lipinski definition) is 1. The van der Waals surface area contributed by atoms with Gasteiger partial charge in [-0.3, -0.25) is 4.68 Å². The highest BCUT2D eigenvalue weighted by atomic mass is 35.5. The van der Waals surface area contributed by atoms with Crippen LogP contribution in [0.3, 0.4) is 0 Å². The van der Waals surface area contributed by atoms with E-state index < -0.39 is 0 Å². The molecule has 21 heavy (non-hydrogen) atoms. The van der Waals surface area contributed by atoms with E-state index in [1.807, 2.05) is 24.6 Å². The van der Waals surface area contributed by atoms with E-state index in [1.54, 1.807) is 6.07 Å². The molecule has 4 heteroatoms. The minimum Gasteiger partial charge on any atom is -0.265 e. The lowest BCUT2D eigenvalue weighted by molar-refractivity contribution is 0.609. The topological polar surface area (TPSA) is 17.8 Å². The van der Waals surface area contributed by atoms with Crippen molar-refractivity contribution in [3.05, 3.63) is 52.1 Å². The lowest BCUT2D eigenvalue weighted by atomic mass is 10.1. The summed E-state index contributed by atoms with van der Waals surface area (Å²) in [6.07, 6.45) is 1.72. The van der Waals surface area contributed by atoms with Crippen LogP contribution >= 0.6 is 11.6 Å². The molecule has 0 aliphatic heterocycles. The molecule has 0 aliphatic carbocycles. The SMILES string of the molecule is CCc1nn(Cc2cc(F)ccc2C)c(CC)c1C(C)Cl. The number of halogens is 2. The van der Waals surface area contributed by atoms with Gasteiger partial charge in [-0.15, -0.1) is 11.6 Å². The van der Waals surface area contributed by atoms with Crippen LogP contribution in [0.15, 0.2) is 18.2 Å². The van der Waals surface area contributed by atoms with Crippen LogP contribution in [0.4, 0.5) is 4.39 Å². The van der Waals surface area contributed by atoms with E-state index in [4.69, 9.17) is 16.7 Å². The van der Waals surface area contributed by atoms with Gasteiger partial charge in [-0.2, -0.15) is 5.10 Å². The summed E-state index contributed by atoms with van der Waals surface area (Å²) in [4.78, 5) is 0. The first-order chi connectivity index (χ1) is 9.97. The molecule has 0 N–H and O–H groups in total. The van der Waals surface area contributed by atoms with Crippen molar-refractivity contribution < 1.29 is 4.39 Å².